The number of methoxy groups -OCH3 is 1. The second kappa shape index (κ2) is 5.07. The van der Waals surface area contributed by atoms with Gasteiger partial charge in [-0.3, -0.25) is 0 Å². The van der Waals surface area contributed by atoms with Crippen LogP contribution >= 0.6 is 0 Å². The van der Waals surface area contributed by atoms with Crippen LogP contribution in [0.15, 0.2) is 12.1 Å². The molecule has 0 aliphatic carbocycles. The maximum Gasteiger partial charge on any atom is 0.233 e. The maximum absolute atomic E-state index is 4.98. The lowest BCUT2D eigenvalue weighted by Gasteiger charge is -2.21. The highest BCUT2D eigenvalue weighted by Gasteiger charge is 2.14. The molecule has 0 aromatic carbocycles. The van der Waals surface area contributed by atoms with Crippen LogP contribution in [-0.2, 0) is 6.42 Å². The molecule has 82 valence electrons. The quantitative estimate of drug-likeness (QED) is 0.804. The largest absolute Gasteiger partial charge is 0.480 e. The minimum atomic E-state index is 0.587. The van der Waals surface area contributed by atoms with E-state index in [2.05, 4.69) is 15.5 Å². The molecule has 1 aromatic heterocycles. The minimum Gasteiger partial charge on any atom is -0.480 e. The smallest absolute Gasteiger partial charge is 0.233 e. The van der Waals surface area contributed by atoms with Crippen molar-refractivity contribution in [3.8, 4) is 5.88 Å². The van der Waals surface area contributed by atoms with Crippen LogP contribution in [0.1, 0.15) is 18.5 Å². The number of rotatable bonds is 3. The fourth-order valence-electron chi connectivity index (χ4n) is 1.95. The zero-order valence-corrected chi connectivity index (χ0v) is 9.07. The fourth-order valence-corrected chi connectivity index (χ4v) is 1.95. The standard InChI is InChI=1S/C11H17N3O/c1-15-11-3-2-10(13-14-11)8-9-4-6-12-7-5-9/h2-3,9,12H,4-8H2,1H3. The maximum atomic E-state index is 4.98. The molecule has 0 atom stereocenters. The normalized spacial score (nSPS) is 17.7. The van der Waals surface area contributed by atoms with Gasteiger partial charge >= 0.3 is 0 Å². The Labute approximate surface area is 90.1 Å². The van der Waals surface area contributed by atoms with Gasteiger partial charge in [0.15, 0.2) is 0 Å². The summed E-state index contributed by atoms with van der Waals surface area (Å²) in [6.07, 6.45) is 3.53. The van der Waals surface area contributed by atoms with Gasteiger partial charge in [-0.2, -0.15) is 5.10 Å². The van der Waals surface area contributed by atoms with Gasteiger partial charge in [0.25, 0.3) is 0 Å². The van der Waals surface area contributed by atoms with Crippen molar-refractivity contribution < 1.29 is 4.74 Å². The molecule has 15 heavy (non-hydrogen) atoms. The molecule has 0 saturated carbocycles. The van der Waals surface area contributed by atoms with Crippen LogP contribution in [0.3, 0.4) is 0 Å². The Hall–Kier alpha value is -1.16. The van der Waals surface area contributed by atoms with Gasteiger partial charge < -0.3 is 10.1 Å². The number of piperidine rings is 1. The van der Waals surface area contributed by atoms with Crippen LogP contribution < -0.4 is 10.1 Å². The van der Waals surface area contributed by atoms with Crippen molar-refractivity contribution in [3.63, 3.8) is 0 Å². The van der Waals surface area contributed by atoms with E-state index in [9.17, 15) is 0 Å². The summed E-state index contributed by atoms with van der Waals surface area (Å²) in [7, 11) is 1.61. The minimum absolute atomic E-state index is 0.587. The lowest BCUT2D eigenvalue weighted by Crippen LogP contribution is -2.28. The molecule has 1 fully saturated rings. The van der Waals surface area contributed by atoms with Crippen molar-refractivity contribution in [1.82, 2.24) is 15.5 Å². The molecule has 0 radical (unpaired) electrons. The van der Waals surface area contributed by atoms with Crippen molar-refractivity contribution in [2.75, 3.05) is 20.2 Å². The van der Waals surface area contributed by atoms with Gasteiger partial charge in [-0.25, -0.2) is 0 Å². The van der Waals surface area contributed by atoms with E-state index in [0.717, 1.165) is 31.1 Å². The number of hydrogen-bond donors (Lipinski definition) is 1. The molecule has 0 bridgehead atoms. The Morgan fingerprint density at radius 2 is 2.13 bits per heavy atom. The van der Waals surface area contributed by atoms with Crippen molar-refractivity contribution in [2.45, 2.75) is 19.3 Å². The summed E-state index contributed by atoms with van der Waals surface area (Å²) in [4.78, 5) is 0. The van der Waals surface area contributed by atoms with E-state index in [-0.39, 0.29) is 0 Å². The molecule has 4 nitrogen and oxygen atoms in total. The molecule has 0 amide bonds. The van der Waals surface area contributed by atoms with Crippen LogP contribution in [0.25, 0.3) is 0 Å². The molecule has 4 heteroatoms. The van der Waals surface area contributed by atoms with E-state index in [1.165, 1.54) is 12.8 Å². The average Bonchev–Trinajstić information content (AvgIpc) is 2.31. The highest BCUT2D eigenvalue weighted by Crippen LogP contribution is 2.17. The third-order valence-corrected chi connectivity index (χ3v) is 2.86. The van der Waals surface area contributed by atoms with Gasteiger partial charge in [0.1, 0.15) is 0 Å². The molecular formula is C11H17N3O. The van der Waals surface area contributed by atoms with Crippen molar-refractivity contribution in [2.24, 2.45) is 5.92 Å². The number of ether oxygens (including phenoxy) is 1. The van der Waals surface area contributed by atoms with Crippen LogP contribution in [0.4, 0.5) is 0 Å². The topological polar surface area (TPSA) is 47.0 Å². The number of nitrogens with one attached hydrogen (secondary N) is 1. The summed E-state index contributed by atoms with van der Waals surface area (Å²) in [5.74, 6) is 1.35. The molecule has 2 rings (SSSR count). The average molecular weight is 207 g/mol. The van der Waals surface area contributed by atoms with Crippen LogP contribution in [0.5, 0.6) is 5.88 Å². The van der Waals surface area contributed by atoms with E-state index in [0.29, 0.717) is 5.88 Å². The first-order valence-electron chi connectivity index (χ1n) is 5.46. The molecule has 1 aliphatic rings. The third-order valence-electron chi connectivity index (χ3n) is 2.86. The van der Waals surface area contributed by atoms with E-state index in [4.69, 9.17) is 4.74 Å². The highest BCUT2D eigenvalue weighted by molar-refractivity contribution is 5.11. The van der Waals surface area contributed by atoms with Crippen LogP contribution in [0.2, 0.25) is 0 Å². The lowest BCUT2D eigenvalue weighted by molar-refractivity contribution is 0.365. The van der Waals surface area contributed by atoms with Crippen molar-refractivity contribution in [1.29, 1.82) is 0 Å². The van der Waals surface area contributed by atoms with E-state index >= 15 is 0 Å². The van der Waals surface area contributed by atoms with Crippen molar-refractivity contribution >= 4 is 0 Å². The molecule has 0 unspecified atom stereocenters. The van der Waals surface area contributed by atoms with Gasteiger partial charge in [0, 0.05) is 6.07 Å². The summed E-state index contributed by atoms with van der Waals surface area (Å²) in [5, 5.41) is 11.5. The Balaban J connectivity index is 1.91. The summed E-state index contributed by atoms with van der Waals surface area (Å²) < 4.78 is 4.98. The molecule has 1 aromatic rings. The van der Waals surface area contributed by atoms with Gasteiger partial charge in [-0.05, 0) is 44.3 Å². The third kappa shape index (κ3) is 2.89. The van der Waals surface area contributed by atoms with Crippen molar-refractivity contribution in [3.05, 3.63) is 17.8 Å². The first-order valence-corrected chi connectivity index (χ1v) is 5.46. The highest BCUT2D eigenvalue weighted by atomic mass is 16.5. The second-order valence-corrected chi connectivity index (χ2v) is 3.96. The molecule has 1 aliphatic heterocycles. The predicted octanol–water partition coefficient (Wildman–Crippen LogP) is 1.03. The Bertz CT molecular complexity index is 293. The lowest BCUT2D eigenvalue weighted by atomic mass is 9.93. The van der Waals surface area contributed by atoms with E-state index in [1.54, 1.807) is 7.11 Å². The first-order chi connectivity index (χ1) is 7.38. The SMILES string of the molecule is COc1ccc(CC2CCNCC2)nn1. The van der Waals surface area contributed by atoms with Gasteiger partial charge in [-0.1, -0.05) is 0 Å². The summed E-state index contributed by atoms with van der Waals surface area (Å²) in [5.41, 5.74) is 1.07. The number of hydrogen-bond acceptors (Lipinski definition) is 4. The monoisotopic (exact) mass is 207 g/mol. The van der Waals surface area contributed by atoms with Gasteiger partial charge in [0.2, 0.25) is 5.88 Å². The summed E-state index contributed by atoms with van der Waals surface area (Å²) >= 11 is 0. The predicted molar refractivity (Wildman–Crippen MR) is 57.9 cm³/mol. The first kappa shape index (κ1) is 10.4. The van der Waals surface area contributed by atoms with E-state index in [1.807, 2.05) is 12.1 Å². The Kier molecular flexibility index (Phi) is 3.50. The van der Waals surface area contributed by atoms with Crippen LogP contribution in [0, 0.1) is 5.92 Å². The molecular weight excluding hydrogens is 190 g/mol. The number of nitrogens with zero attached hydrogens (tertiary/aromatic N) is 2. The second-order valence-electron chi connectivity index (χ2n) is 3.96. The van der Waals surface area contributed by atoms with Crippen LogP contribution in [-0.4, -0.2) is 30.4 Å². The zero-order chi connectivity index (χ0) is 10.5. The Morgan fingerprint density at radius 3 is 2.73 bits per heavy atom. The summed E-state index contributed by atoms with van der Waals surface area (Å²) in [6.45, 7) is 2.27. The molecule has 1 saturated heterocycles. The molecule has 1 N–H and O–H groups in total. The van der Waals surface area contributed by atoms with Gasteiger partial charge in [-0.15, -0.1) is 5.10 Å². The summed E-state index contributed by atoms with van der Waals surface area (Å²) in [6, 6.07) is 3.89. The fraction of sp³-hybridized carbons (Fsp3) is 0.636. The number of aromatic nitrogens is 2. The Morgan fingerprint density at radius 1 is 1.33 bits per heavy atom. The van der Waals surface area contributed by atoms with Gasteiger partial charge in [0.05, 0.1) is 12.8 Å². The zero-order valence-electron chi connectivity index (χ0n) is 9.07. The molecule has 0 spiro atoms. The van der Waals surface area contributed by atoms with E-state index < -0.39 is 0 Å². The molecule has 2 heterocycles.